The van der Waals surface area contributed by atoms with Crippen molar-refractivity contribution in [2.75, 3.05) is 24.8 Å². The lowest BCUT2D eigenvalue weighted by molar-refractivity contribution is 0.0602. The molecule has 1 aromatic carbocycles. The number of aryl methyl sites for hydroxylation is 2. The molecule has 21 heavy (non-hydrogen) atoms. The monoisotopic (exact) mass is 288 g/mol. The molecule has 2 aromatic rings. The van der Waals surface area contributed by atoms with Gasteiger partial charge in [0.15, 0.2) is 0 Å². The number of esters is 1. The summed E-state index contributed by atoms with van der Waals surface area (Å²) in [7, 11) is 5.19. The Bertz CT molecular complexity index is 664. The van der Waals surface area contributed by atoms with Crippen LogP contribution in [0.15, 0.2) is 24.5 Å². The molecule has 0 aliphatic rings. The predicted octanol–water partition coefficient (Wildman–Crippen LogP) is 1.73. The summed E-state index contributed by atoms with van der Waals surface area (Å²) in [5.41, 5.74) is 9.66. The van der Waals surface area contributed by atoms with Crippen molar-refractivity contribution >= 4 is 17.3 Å². The molecule has 0 saturated carbocycles. The maximum atomic E-state index is 11.8. The minimum Gasteiger partial charge on any atom is -0.465 e. The molecule has 0 aliphatic carbocycles. The lowest BCUT2D eigenvalue weighted by Crippen LogP contribution is -2.18. The average molecular weight is 288 g/mol. The van der Waals surface area contributed by atoms with Crippen molar-refractivity contribution in [3.8, 4) is 0 Å². The smallest absolute Gasteiger partial charge is 0.340 e. The van der Waals surface area contributed by atoms with E-state index in [2.05, 4.69) is 5.10 Å². The number of hydrogen-bond donors (Lipinski definition) is 1. The average Bonchev–Trinajstić information content (AvgIpc) is 2.86. The number of ether oxygens (including phenoxy) is 1. The highest BCUT2D eigenvalue weighted by molar-refractivity contribution is 5.97. The van der Waals surface area contributed by atoms with Gasteiger partial charge in [-0.25, -0.2) is 4.79 Å². The summed E-state index contributed by atoms with van der Waals surface area (Å²) in [4.78, 5) is 13.8. The second kappa shape index (κ2) is 5.87. The lowest BCUT2D eigenvalue weighted by atomic mass is 10.1. The summed E-state index contributed by atoms with van der Waals surface area (Å²) in [6, 6.07) is 3.71. The van der Waals surface area contributed by atoms with E-state index in [0.29, 0.717) is 17.8 Å². The zero-order valence-corrected chi connectivity index (χ0v) is 12.8. The van der Waals surface area contributed by atoms with Crippen molar-refractivity contribution in [1.82, 2.24) is 9.78 Å². The highest BCUT2D eigenvalue weighted by Crippen LogP contribution is 2.26. The molecule has 0 atom stereocenters. The van der Waals surface area contributed by atoms with Gasteiger partial charge in [-0.05, 0) is 24.6 Å². The minimum atomic E-state index is -0.424. The SMILES string of the molecule is COC(=O)c1cc(N(C)Cc2cnn(C)c2)cc(C)c1N. The minimum absolute atomic E-state index is 0.394. The molecule has 1 aromatic heterocycles. The van der Waals surface area contributed by atoms with E-state index >= 15 is 0 Å². The molecule has 1 heterocycles. The third kappa shape index (κ3) is 3.16. The quantitative estimate of drug-likeness (QED) is 0.685. The fourth-order valence-corrected chi connectivity index (χ4v) is 2.20. The van der Waals surface area contributed by atoms with Gasteiger partial charge in [0, 0.05) is 43.8 Å². The Hall–Kier alpha value is -2.50. The normalized spacial score (nSPS) is 10.5. The van der Waals surface area contributed by atoms with Crippen molar-refractivity contribution in [2.24, 2.45) is 7.05 Å². The van der Waals surface area contributed by atoms with Gasteiger partial charge < -0.3 is 15.4 Å². The van der Waals surface area contributed by atoms with Crippen LogP contribution in [0.3, 0.4) is 0 Å². The van der Waals surface area contributed by atoms with E-state index in [0.717, 1.165) is 16.8 Å². The summed E-state index contributed by atoms with van der Waals surface area (Å²) in [6.07, 6.45) is 3.78. The number of hydrogen-bond acceptors (Lipinski definition) is 5. The van der Waals surface area contributed by atoms with Crippen LogP contribution < -0.4 is 10.6 Å². The number of carbonyl (C=O) groups is 1. The van der Waals surface area contributed by atoms with Crippen molar-refractivity contribution in [1.29, 1.82) is 0 Å². The number of aromatic nitrogens is 2. The highest BCUT2D eigenvalue weighted by atomic mass is 16.5. The first kappa shape index (κ1) is 14.9. The number of anilines is 2. The topological polar surface area (TPSA) is 73.4 Å². The van der Waals surface area contributed by atoms with E-state index < -0.39 is 5.97 Å². The Kier molecular flexibility index (Phi) is 4.16. The van der Waals surface area contributed by atoms with Crippen LogP contribution in [0.2, 0.25) is 0 Å². The molecule has 0 bridgehead atoms. The van der Waals surface area contributed by atoms with Crippen LogP contribution in [0, 0.1) is 6.92 Å². The van der Waals surface area contributed by atoms with Gasteiger partial charge >= 0.3 is 5.97 Å². The molecule has 2 N–H and O–H groups in total. The molecular formula is C15H20N4O2. The van der Waals surface area contributed by atoms with Gasteiger partial charge in [-0.2, -0.15) is 5.10 Å². The zero-order chi connectivity index (χ0) is 15.6. The third-order valence-corrected chi connectivity index (χ3v) is 3.40. The molecule has 0 radical (unpaired) electrons. The van der Waals surface area contributed by atoms with Crippen molar-refractivity contribution in [2.45, 2.75) is 13.5 Å². The Balaban J connectivity index is 2.30. The van der Waals surface area contributed by atoms with Crippen molar-refractivity contribution in [3.63, 3.8) is 0 Å². The second-order valence-corrected chi connectivity index (χ2v) is 5.09. The van der Waals surface area contributed by atoms with E-state index in [4.69, 9.17) is 10.5 Å². The van der Waals surface area contributed by atoms with E-state index in [-0.39, 0.29) is 0 Å². The fraction of sp³-hybridized carbons (Fsp3) is 0.333. The molecule has 0 amide bonds. The number of nitrogens with zero attached hydrogens (tertiary/aromatic N) is 3. The van der Waals surface area contributed by atoms with Gasteiger partial charge in [-0.1, -0.05) is 0 Å². The second-order valence-electron chi connectivity index (χ2n) is 5.09. The molecule has 112 valence electrons. The maximum Gasteiger partial charge on any atom is 0.340 e. The molecule has 2 rings (SSSR count). The number of carbonyl (C=O) groups excluding carboxylic acids is 1. The third-order valence-electron chi connectivity index (χ3n) is 3.40. The van der Waals surface area contributed by atoms with Crippen LogP contribution in [-0.4, -0.2) is 29.9 Å². The zero-order valence-electron chi connectivity index (χ0n) is 12.8. The van der Waals surface area contributed by atoms with Crippen LogP contribution in [0.25, 0.3) is 0 Å². The van der Waals surface area contributed by atoms with Gasteiger partial charge in [0.05, 0.1) is 18.9 Å². The first-order valence-electron chi connectivity index (χ1n) is 6.59. The number of benzene rings is 1. The number of rotatable bonds is 4. The first-order valence-corrected chi connectivity index (χ1v) is 6.59. The van der Waals surface area contributed by atoms with Gasteiger partial charge in [-0.3, -0.25) is 4.68 Å². The largest absolute Gasteiger partial charge is 0.465 e. The molecule has 0 saturated heterocycles. The number of methoxy groups -OCH3 is 1. The van der Waals surface area contributed by atoms with Gasteiger partial charge in [0.25, 0.3) is 0 Å². The van der Waals surface area contributed by atoms with E-state index in [9.17, 15) is 4.79 Å². The van der Waals surface area contributed by atoms with Gasteiger partial charge in [0.2, 0.25) is 0 Å². The Labute approximate surface area is 124 Å². The Morgan fingerprint density at radius 1 is 1.48 bits per heavy atom. The standard InChI is InChI=1S/C15H20N4O2/c1-10-5-12(6-13(14(10)16)15(20)21-4)18(2)8-11-7-17-19(3)9-11/h5-7,9H,8,16H2,1-4H3. The summed E-state index contributed by atoms with van der Waals surface area (Å²) in [5, 5.41) is 4.15. The molecule has 6 nitrogen and oxygen atoms in total. The molecule has 0 spiro atoms. The van der Waals surface area contributed by atoms with Crippen molar-refractivity contribution in [3.05, 3.63) is 41.2 Å². The van der Waals surface area contributed by atoms with E-state index in [1.165, 1.54) is 7.11 Å². The predicted molar refractivity (Wildman–Crippen MR) is 82.2 cm³/mol. The van der Waals surface area contributed by atoms with Gasteiger partial charge in [0.1, 0.15) is 0 Å². The molecule has 6 heteroatoms. The number of nitrogen functional groups attached to an aromatic ring is 1. The van der Waals surface area contributed by atoms with Crippen LogP contribution in [0.4, 0.5) is 11.4 Å². The maximum absolute atomic E-state index is 11.8. The molecular weight excluding hydrogens is 268 g/mol. The Morgan fingerprint density at radius 2 is 2.19 bits per heavy atom. The molecule has 0 unspecified atom stereocenters. The van der Waals surface area contributed by atoms with Crippen molar-refractivity contribution < 1.29 is 9.53 Å². The van der Waals surface area contributed by atoms with Crippen LogP contribution >= 0.6 is 0 Å². The molecule has 0 fully saturated rings. The molecule has 0 aliphatic heterocycles. The number of nitrogens with two attached hydrogens (primary N) is 1. The van der Waals surface area contributed by atoms with Crippen LogP contribution in [0.1, 0.15) is 21.5 Å². The highest BCUT2D eigenvalue weighted by Gasteiger charge is 2.15. The Morgan fingerprint density at radius 3 is 2.76 bits per heavy atom. The lowest BCUT2D eigenvalue weighted by Gasteiger charge is -2.21. The first-order chi connectivity index (χ1) is 9.92. The summed E-state index contributed by atoms with van der Waals surface area (Å²) >= 11 is 0. The summed E-state index contributed by atoms with van der Waals surface area (Å²) in [5.74, 6) is -0.424. The fourth-order valence-electron chi connectivity index (χ4n) is 2.20. The van der Waals surface area contributed by atoms with E-state index in [1.807, 2.05) is 44.4 Å². The van der Waals surface area contributed by atoms with Crippen LogP contribution in [0.5, 0.6) is 0 Å². The summed E-state index contributed by atoms with van der Waals surface area (Å²) < 4.78 is 6.54. The summed E-state index contributed by atoms with van der Waals surface area (Å²) in [6.45, 7) is 2.57. The van der Waals surface area contributed by atoms with E-state index in [1.54, 1.807) is 10.7 Å². The van der Waals surface area contributed by atoms with Crippen LogP contribution in [-0.2, 0) is 18.3 Å². The van der Waals surface area contributed by atoms with Gasteiger partial charge in [-0.15, -0.1) is 0 Å².